The molecule has 4 nitrogen and oxygen atoms in total. The molecule has 0 spiro atoms. The van der Waals surface area contributed by atoms with E-state index >= 15 is 0 Å². The number of amides is 2. The van der Waals surface area contributed by atoms with Crippen LogP contribution in [0.1, 0.15) is 11.1 Å². The van der Waals surface area contributed by atoms with Crippen molar-refractivity contribution in [3.05, 3.63) is 95.0 Å². The Labute approximate surface area is 164 Å². The largest absolute Gasteiger partial charge is 0.323 e. The van der Waals surface area contributed by atoms with Gasteiger partial charge in [-0.1, -0.05) is 66.2 Å². The highest BCUT2D eigenvalue weighted by atomic mass is 35.5. The van der Waals surface area contributed by atoms with Gasteiger partial charge in [-0.2, -0.15) is 0 Å². The number of carbonyl (C=O) groups is 1. The predicted molar refractivity (Wildman–Crippen MR) is 112 cm³/mol. The van der Waals surface area contributed by atoms with E-state index in [2.05, 4.69) is 28.1 Å². The van der Waals surface area contributed by atoms with Gasteiger partial charge in [0.25, 0.3) is 0 Å². The molecule has 0 aliphatic rings. The second-order valence-electron chi connectivity index (χ2n) is 6.17. The van der Waals surface area contributed by atoms with Crippen molar-refractivity contribution in [3.63, 3.8) is 0 Å². The van der Waals surface area contributed by atoms with Crippen molar-refractivity contribution < 1.29 is 4.79 Å². The smallest absolute Gasteiger partial charge is 0.312 e. The Hall–Kier alpha value is -2.82. The summed E-state index contributed by atoms with van der Waals surface area (Å²) in [6, 6.07) is 25.0. The van der Waals surface area contributed by atoms with Gasteiger partial charge in [0, 0.05) is 12.2 Å². The van der Waals surface area contributed by atoms with E-state index in [0.29, 0.717) is 17.3 Å². The van der Waals surface area contributed by atoms with E-state index in [-0.39, 0.29) is 6.03 Å². The van der Waals surface area contributed by atoms with E-state index in [0.717, 1.165) is 24.2 Å². The van der Waals surface area contributed by atoms with Gasteiger partial charge in [-0.3, -0.25) is 0 Å². The fourth-order valence-electron chi connectivity index (χ4n) is 2.69. The monoisotopic (exact) mass is 379 g/mol. The van der Waals surface area contributed by atoms with Crippen molar-refractivity contribution in [2.75, 3.05) is 17.2 Å². The molecule has 5 heteroatoms. The van der Waals surface area contributed by atoms with E-state index in [4.69, 9.17) is 11.6 Å². The molecule has 0 bridgehead atoms. The maximum atomic E-state index is 12.2. The third kappa shape index (κ3) is 6.13. The van der Waals surface area contributed by atoms with Crippen LogP contribution in [0.3, 0.4) is 0 Å². The summed E-state index contributed by atoms with van der Waals surface area (Å²) in [5.41, 5.74) is 3.68. The first-order valence-corrected chi connectivity index (χ1v) is 9.24. The van der Waals surface area contributed by atoms with Crippen LogP contribution in [0.25, 0.3) is 0 Å². The van der Waals surface area contributed by atoms with Gasteiger partial charge in [0.15, 0.2) is 0 Å². The number of rotatable bonds is 7. The van der Waals surface area contributed by atoms with Gasteiger partial charge in [0.2, 0.25) is 0 Å². The molecule has 0 heterocycles. The minimum Gasteiger partial charge on any atom is -0.312 e. The van der Waals surface area contributed by atoms with Gasteiger partial charge in [0.05, 0.1) is 10.7 Å². The molecule has 0 saturated heterocycles. The van der Waals surface area contributed by atoms with Crippen LogP contribution in [0.15, 0.2) is 78.9 Å². The minimum absolute atomic E-state index is 0.322. The Morgan fingerprint density at radius 1 is 0.815 bits per heavy atom. The summed E-state index contributed by atoms with van der Waals surface area (Å²) in [4.78, 5) is 12.2. The highest BCUT2D eigenvalue weighted by Gasteiger charge is 2.07. The van der Waals surface area contributed by atoms with Gasteiger partial charge in [-0.15, -0.1) is 0 Å². The lowest BCUT2D eigenvalue weighted by atomic mass is 10.1. The number of urea groups is 1. The Bertz CT molecular complexity index is 869. The quantitative estimate of drug-likeness (QED) is 0.487. The topological polar surface area (TPSA) is 53.2 Å². The number of hydrogen-bond acceptors (Lipinski definition) is 2. The van der Waals surface area contributed by atoms with Gasteiger partial charge in [-0.25, -0.2) is 4.79 Å². The lowest BCUT2D eigenvalue weighted by molar-refractivity contribution is 0.262. The molecule has 3 N–H and O–H groups in total. The number of halogens is 1. The molecule has 0 aliphatic carbocycles. The standard InChI is InChI=1S/C22H22ClN3O/c23-20-12-11-18(16-24-14-13-17-7-3-1-4-8-17)15-21(20)26-22(27)25-19-9-5-2-6-10-19/h1-12,15,24H,13-14,16H2,(H2,25,26,27). The lowest BCUT2D eigenvalue weighted by Crippen LogP contribution is -2.20. The molecule has 2 amide bonds. The van der Waals surface area contributed by atoms with Gasteiger partial charge in [-0.05, 0) is 48.4 Å². The molecule has 3 aromatic carbocycles. The number of carbonyl (C=O) groups excluding carboxylic acids is 1. The first-order chi connectivity index (χ1) is 13.2. The second-order valence-corrected chi connectivity index (χ2v) is 6.58. The molecule has 0 fully saturated rings. The zero-order valence-electron chi connectivity index (χ0n) is 14.9. The number of para-hydroxylation sites is 1. The van der Waals surface area contributed by atoms with Crippen molar-refractivity contribution in [3.8, 4) is 0 Å². The fraction of sp³-hybridized carbons (Fsp3) is 0.136. The van der Waals surface area contributed by atoms with Crippen molar-refractivity contribution >= 4 is 29.0 Å². The Balaban J connectivity index is 1.51. The summed E-state index contributed by atoms with van der Waals surface area (Å²) in [6.07, 6.45) is 0.971. The number of nitrogens with one attached hydrogen (secondary N) is 3. The summed E-state index contributed by atoms with van der Waals surface area (Å²) in [6.45, 7) is 1.59. The molecule has 3 rings (SSSR count). The zero-order valence-corrected chi connectivity index (χ0v) is 15.7. The third-order valence-electron chi connectivity index (χ3n) is 4.07. The van der Waals surface area contributed by atoms with Crippen LogP contribution in [0.4, 0.5) is 16.2 Å². The SMILES string of the molecule is O=C(Nc1ccccc1)Nc1cc(CNCCc2ccccc2)ccc1Cl. The van der Waals surface area contributed by atoms with E-state index in [1.807, 2.05) is 60.7 Å². The molecule has 0 aliphatic heterocycles. The van der Waals surface area contributed by atoms with E-state index in [1.54, 1.807) is 6.07 Å². The Morgan fingerprint density at radius 3 is 2.26 bits per heavy atom. The average molecular weight is 380 g/mol. The maximum absolute atomic E-state index is 12.2. The third-order valence-corrected chi connectivity index (χ3v) is 4.40. The summed E-state index contributed by atoms with van der Waals surface area (Å²) in [5, 5.41) is 9.51. The van der Waals surface area contributed by atoms with Crippen molar-refractivity contribution in [2.24, 2.45) is 0 Å². The van der Waals surface area contributed by atoms with Crippen molar-refractivity contribution in [2.45, 2.75) is 13.0 Å². The number of benzene rings is 3. The average Bonchev–Trinajstić information content (AvgIpc) is 2.69. The lowest BCUT2D eigenvalue weighted by Gasteiger charge is -2.11. The summed E-state index contributed by atoms with van der Waals surface area (Å²) in [5.74, 6) is 0. The van der Waals surface area contributed by atoms with Crippen LogP contribution in [0, 0.1) is 0 Å². The van der Waals surface area contributed by atoms with Gasteiger partial charge >= 0.3 is 6.03 Å². The summed E-state index contributed by atoms with van der Waals surface area (Å²) < 4.78 is 0. The molecule has 138 valence electrons. The molecule has 0 radical (unpaired) electrons. The molecular weight excluding hydrogens is 358 g/mol. The molecule has 0 unspecified atom stereocenters. The van der Waals surface area contributed by atoms with Crippen LogP contribution in [0.2, 0.25) is 5.02 Å². The predicted octanol–water partition coefficient (Wildman–Crippen LogP) is 5.32. The second kappa shape index (κ2) is 9.76. The zero-order chi connectivity index (χ0) is 18.9. The van der Waals surface area contributed by atoms with Crippen molar-refractivity contribution in [1.82, 2.24) is 5.32 Å². The van der Waals surface area contributed by atoms with Crippen molar-refractivity contribution in [1.29, 1.82) is 0 Å². The molecule has 3 aromatic rings. The fourth-order valence-corrected chi connectivity index (χ4v) is 2.86. The first kappa shape index (κ1) is 19.0. The normalized spacial score (nSPS) is 10.4. The Kier molecular flexibility index (Phi) is 6.85. The van der Waals surface area contributed by atoms with Crippen LogP contribution in [-0.4, -0.2) is 12.6 Å². The molecular formula is C22H22ClN3O. The Morgan fingerprint density at radius 2 is 1.52 bits per heavy atom. The first-order valence-electron chi connectivity index (χ1n) is 8.87. The highest BCUT2D eigenvalue weighted by molar-refractivity contribution is 6.33. The number of anilines is 2. The van der Waals surface area contributed by atoms with E-state index in [1.165, 1.54) is 5.56 Å². The molecule has 27 heavy (non-hydrogen) atoms. The van der Waals surface area contributed by atoms with Gasteiger partial charge in [0.1, 0.15) is 0 Å². The van der Waals surface area contributed by atoms with Crippen LogP contribution in [0.5, 0.6) is 0 Å². The van der Waals surface area contributed by atoms with Crippen LogP contribution >= 0.6 is 11.6 Å². The molecule has 0 aromatic heterocycles. The van der Waals surface area contributed by atoms with E-state index < -0.39 is 0 Å². The van der Waals surface area contributed by atoms with Crippen LogP contribution < -0.4 is 16.0 Å². The highest BCUT2D eigenvalue weighted by Crippen LogP contribution is 2.23. The van der Waals surface area contributed by atoms with Gasteiger partial charge < -0.3 is 16.0 Å². The number of hydrogen-bond donors (Lipinski definition) is 3. The summed E-state index contributed by atoms with van der Waals surface area (Å²) in [7, 11) is 0. The maximum Gasteiger partial charge on any atom is 0.323 e. The molecule has 0 saturated carbocycles. The van der Waals surface area contributed by atoms with Crippen LogP contribution in [-0.2, 0) is 13.0 Å². The minimum atomic E-state index is -0.322. The summed E-state index contributed by atoms with van der Waals surface area (Å²) >= 11 is 6.22. The van der Waals surface area contributed by atoms with E-state index in [9.17, 15) is 4.79 Å². The molecule has 0 atom stereocenters.